The lowest BCUT2D eigenvalue weighted by molar-refractivity contribution is -0.383. The van der Waals surface area contributed by atoms with Gasteiger partial charge in [-0.3, -0.25) is 10.1 Å². The van der Waals surface area contributed by atoms with E-state index in [1.165, 1.54) is 0 Å². The maximum absolute atomic E-state index is 11.2. The van der Waals surface area contributed by atoms with E-state index in [1.54, 1.807) is 18.2 Å². The van der Waals surface area contributed by atoms with Gasteiger partial charge in [-0.2, -0.15) is 0 Å². The lowest BCUT2D eigenvalue weighted by Gasteiger charge is -2.37. The maximum Gasteiger partial charge on any atom is 0.315 e. The zero-order valence-electron chi connectivity index (χ0n) is 10.8. The van der Waals surface area contributed by atoms with Crippen molar-refractivity contribution in [3.63, 3.8) is 0 Å². The molecule has 19 heavy (non-hydrogen) atoms. The van der Waals surface area contributed by atoms with Crippen LogP contribution >= 0.6 is 0 Å². The molecule has 0 bridgehead atoms. The molecule has 1 unspecified atom stereocenters. The van der Waals surface area contributed by atoms with Gasteiger partial charge in [-0.1, -0.05) is 6.07 Å². The summed E-state index contributed by atoms with van der Waals surface area (Å²) in [6, 6.07) is 5.18. The second-order valence-corrected chi connectivity index (χ2v) is 4.83. The number of nitro benzene ring substituents is 1. The minimum Gasteiger partial charge on any atom is -0.396 e. The van der Waals surface area contributed by atoms with Crippen molar-refractivity contribution < 1.29 is 10.0 Å². The number of hydrogen-bond acceptors (Lipinski definition) is 5. The molecule has 3 N–H and O–H groups in total. The molecule has 0 amide bonds. The molecule has 0 aliphatic carbocycles. The first-order valence-corrected chi connectivity index (χ1v) is 6.55. The standard InChI is InChI=1S/C13H19N3O3/c14-11-5-3-6-12(13(11)16(18)19)15-8-2-1-4-10(15)7-9-17/h3,5-6,10,17H,1-2,4,7-9,14H2. The first-order chi connectivity index (χ1) is 9.15. The van der Waals surface area contributed by atoms with Gasteiger partial charge in [-0.15, -0.1) is 0 Å². The van der Waals surface area contributed by atoms with E-state index in [4.69, 9.17) is 10.8 Å². The van der Waals surface area contributed by atoms with Gasteiger partial charge in [0.25, 0.3) is 0 Å². The van der Waals surface area contributed by atoms with Crippen LogP contribution in [0.2, 0.25) is 0 Å². The molecule has 1 fully saturated rings. The van der Waals surface area contributed by atoms with E-state index >= 15 is 0 Å². The molecular weight excluding hydrogens is 246 g/mol. The van der Waals surface area contributed by atoms with Crippen molar-refractivity contribution in [2.24, 2.45) is 0 Å². The largest absolute Gasteiger partial charge is 0.396 e. The van der Waals surface area contributed by atoms with Gasteiger partial charge in [-0.05, 0) is 37.8 Å². The number of nitrogens with two attached hydrogens (primary N) is 1. The van der Waals surface area contributed by atoms with Crippen LogP contribution in [0, 0.1) is 10.1 Å². The Morgan fingerprint density at radius 1 is 1.47 bits per heavy atom. The number of aliphatic hydroxyl groups is 1. The van der Waals surface area contributed by atoms with Gasteiger partial charge >= 0.3 is 5.69 Å². The SMILES string of the molecule is Nc1cccc(N2CCCCC2CCO)c1[N+](=O)[O-]. The topological polar surface area (TPSA) is 92.6 Å². The average molecular weight is 265 g/mol. The molecule has 0 saturated carbocycles. The Morgan fingerprint density at radius 2 is 2.26 bits per heavy atom. The van der Waals surface area contributed by atoms with E-state index in [9.17, 15) is 10.1 Å². The summed E-state index contributed by atoms with van der Waals surface area (Å²) < 4.78 is 0. The molecule has 1 atom stereocenters. The number of piperidine rings is 1. The number of nitrogens with zero attached hydrogens (tertiary/aromatic N) is 2. The first kappa shape index (κ1) is 13.6. The Bertz CT molecular complexity index is 462. The molecule has 0 aromatic heterocycles. The molecule has 1 heterocycles. The molecule has 104 valence electrons. The molecule has 6 heteroatoms. The molecule has 1 aromatic carbocycles. The van der Waals surface area contributed by atoms with Crippen molar-refractivity contribution in [1.82, 2.24) is 0 Å². The number of benzene rings is 1. The summed E-state index contributed by atoms with van der Waals surface area (Å²) in [5, 5.41) is 20.3. The molecule has 0 spiro atoms. The van der Waals surface area contributed by atoms with Crippen LogP contribution in [0.4, 0.5) is 17.1 Å². The molecule has 1 saturated heterocycles. The highest BCUT2D eigenvalue weighted by molar-refractivity contribution is 5.75. The summed E-state index contributed by atoms with van der Waals surface area (Å²) in [6.07, 6.45) is 3.68. The molecule has 1 aromatic rings. The molecule has 1 aliphatic rings. The van der Waals surface area contributed by atoms with E-state index in [1.807, 2.05) is 4.90 Å². The fraction of sp³-hybridized carbons (Fsp3) is 0.538. The Kier molecular flexibility index (Phi) is 4.21. The highest BCUT2D eigenvalue weighted by atomic mass is 16.6. The second kappa shape index (κ2) is 5.88. The lowest BCUT2D eigenvalue weighted by atomic mass is 9.98. The van der Waals surface area contributed by atoms with E-state index in [0.717, 1.165) is 25.8 Å². The van der Waals surface area contributed by atoms with E-state index in [0.29, 0.717) is 12.1 Å². The second-order valence-electron chi connectivity index (χ2n) is 4.83. The van der Waals surface area contributed by atoms with Crippen LogP contribution in [-0.4, -0.2) is 29.2 Å². The number of anilines is 2. The predicted molar refractivity (Wildman–Crippen MR) is 74.2 cm³/mol. The van der Waals surface area contributed by atoms with Crippen LogP contribution in [0.25, 0.3) is 0 Å². The normalized spacial score (nSPS) is 19.4. The van der Waals surface area contributed by atoms with Gasteiger partial charge in [0.05, 0.1) is 4.92 Å². The van der Waals surface area contributed by atoms with Crippen molar-refractivity contribution >= 4 is 17.1 Å². The summed E-state index contributed by atoms with van der Waals surface area (Å²) in [5.41, 5.74) is 6.47. The summed E-state index contributed by atoms with van der Waals surface area (Å²) in [6.45, 7) is 0.867. The van der Waals surface area contributed by atoms with Crippen LogP contribution < -0.4 is 10.6 Å². The van der Waals surface area contributed by atoms with Gasteiger partial charge in [0.2, 0.25) is 0 Å². The molecule has 0 radical (unpaired) electrons. The quantitative estimate of drug-likeness (QED) is 0.493. The van der Waals surface area contributed by atoms with E-state index in [-0.39, 0.29) is 24.0 Å². The fourth-order valence-electron chi connectivity index (χ4n) is 2.75. The Balaban J connectivity index is 2.38. The Labute approximate surface area is 112 Å². The Morgan fingerprint density at radius 3 is 2.95 bits per heavy atom. The van der Waals surface area contributed by atoms with E-state index in [2.05, 4.69) is 0 Å². The molecule has 6 nitrogen and oxygen atoms in total. The van der Waals surface area contributed by atoms with Crippen molar-refractivity contribution in [2.75, 3.05) is 23.8 Å². The Hall–Kier alpha value is -1.82. The number of hydrogen-bond donors (Lipinski definition) is 2. The van der Waals surface area contributed by atoms with E-state index < -0.39 is 4.92 Å². The van der Waals surface area contributed by atoms with Gasteiger partial charge < -0.3 is 15.7 Å². The third-order valence-corrected chi connectivity index (χ3v) is 3.63. The lowest BCUT2D eigenvalue weighted by Crippen LogP contribution is -2.40. The summed E-state index contributed by atoms with van der Waals surface area (Å²) in [4.78, 5) is 12.8. The summed E-state index contributed by atoms with van der Waals surface area (Å²) >= 11 is 0. The van der Waals surface area contributed by atoms with Crippen LogP contribution in [0.3, 0.4) is 0 Å². The van der Waals surface area contributed by atoms with Gasteiger partial charge in [0.15, 0.2) is 0 Å². The summed E-state index contributed by atoms with van der Waals surface area (Å²) in [5.74, 6) is 0. The van der Waals surface area contributed by atoms with Crippen molar-refractivity contribution in [3.05, 3.63) is 28.3 Å². The predicted octanol–water partition coefficient (Wildman–Crippen LogP) is 1.92. The minimum absolute atomic E-state index is 0.0210. The zero-order valence-corrected chi connectivity index (χ0v) is 10.8. The molecule has 2 rings (SSSR count). The highest BCUT2D eigenvalue weighted by Crippen LogP contribution is 2.37. The van der Waals surface area contributed by atoms with Crippen LogP contribution in [-0.2, 0) is 0 Å². The number of nitro groups is 1. The van der Waals surface area contributed by atoms with Crippen molar-refractivity contribution in [3.8, 4) is 0 Å². The van der Waals surface area contributed by atoms with Gasteiger partial charge in [0.1, 0.15) is 11.4 Å². The van der Waals surface area contributed by atoms with Gasteiger partial charge in [0, 0.05) is 19.2 Å². The zero-order chi connectivity index (χ0) is 13.8. The van der Waals surface area contributed by atoms with Gasteiger partial charge in [-0.25, -0.2) is 0 Å². The average Bonchev–Trinajstić information content (AvgIpc) is 2.39. The number of para-hydroxylation sites is 1. The van der Waals surface area contributed by atoms with Crippen molar-refractivity contribution in [1.29, 1.82) is 0 Å². The van der Waals surface area contributed by atoms with Crippen LogP contribution in [0.15, 0.2) is 18.2 Å². The number of aliphatic hydroxyl groups excluding tert-OH is 1. The number of nitrogen functional groups attached to an aromatic ring is 1. The molecule has 1 aliphatic heterocycles. The maximum atomic E-state index is 11.2. The smallest absolute Gasteiger partial charge is 0.315 e. The molecular formula is C13H19N3O3. The fourth-order valence-corrected chi connectivity index (χ4v) is 2.75. The van der Waals surface area contributed by atoms with Crippen LogP contribution in [0.5, 0.6) is 0 Å². The third-order valence-electron chi connectivity index (χ3n) is 3.63. The van der Waals surface area contributed by atoms with Crippen molar-refractivity contribution in [2.45, 2.75) is 31.7 Å². The van der Waals surface area contributed by atoms with Crippen LogP contribution in [0.1, 0.15) is 25.7 Å². The number of rotatable bonds is 4. The summed E-state index contributed by atoms with van der Waals surface area (Å²) in [7, 11) is 0. The highest BCUT2D eigenvalue weighted by Gasteiger charge is 2.29. The third kappa shape index (κ3) is 2.78. The first-order valence-electron chi connectivity index (χ1n) is 6.55. The monoisotopic (exact) mass is 265 g/mol. The minimum atomic E-state index is -0.421.